The predicted molar refractivity (Wildman–Crippen MR) is 116 cm³/mol. The number of nitrogens with zero attached hydrogens (tertiary/aromatic N) is 4. The summed E-state index contributed by atoms with van der Waals surface area (Å²) in [6, 6.07) is 20.3. The number of rotatable bonds is 4. The maximum absolute atomic E-state index is 13.5. The third kappa shape index (κ3) is 3.78. The lowest BCUT2D eigenvalue weighted by Gasteiger charge is -2.12. The molecule has 0 fully saturated rings. The molecule has 0 spiro atoms. The van der Waals surface area contributed by atoms with E-state index in [1.165, 1.54) is 16.6 Å². The fraction of sp³-hybridized carbons (Fsp3) is 0.0417. The number of hydrogen-bond donors (Lipinski definition) is 1. The highest BCUT2D eigenvalue weighted by Gasteiger charge is 2.33. The van der Waals surface area contributed by atoms with Gasteiger partial charge in [0.2, 0.25) is 5.95 Å². The molecule has 1 N–H and O–H groups in total. The van der Waals surface area contributed by atoms with E-state index in [2.05, 4.69) is 20.4 Å². The molecule has 0 saturated heterocycles. The maximum Gasteiger partial charge on any atom is 0.417 e. The van der Waals surface area contributed by atoms with Crippen molar-refractivity contribution in [3.05, 3.63) is 97.0 Å². The van der Waals surface area contributed by atoms with Crippen LogP contribution in [0.2, 0.25) is 0 Å². The SMILES string of the molecule is FC(F)(F)c1ccccc1-c1cccn2nc(Nc3ccc(-c4ccncc4)cc3)nc12. The van der Waals surface area contributed by atoms with E-state index in [0.717, 1.165) is 22.9 Å². The van der Waals surface area contributed by atoms with Gasteiger partial charge in [-0.3, -0.25) is 4.98 Å². The van der Waals surface area contributed by atoms with Crippen LogP contribution in [0.4, 0.5) is 24.8 Å². The smallest absolute Gasteiger partial charge is 0.323 e. The molecule has 0 atom stereocenters. The molecular formula is C24H16F3N5. The molecule has 0 unspecified atom stereocenters. The molecule has 158 valence electrons. The lowest BCUT2D eigenvalue weighted by atomic mass is 10.0. The number of pyridine rings is 2. The zero-order valence-electron chi connectivity index (χ0n) is 16.6. The number of alkyl halides is 3. The van der Waals surface area contributed by atoms with Gasteiger partial charge in [-0.05, 0) is 59.2 Å². The summed E-state index contributed by atoms with van der Waals surface area (Å²) in [6.07, 6.45) is 0.647. The highest BCUT2D eigenvalue weighted by molar-refractivity contribution is 5.80. The van der Waals surface area contributed by atoms with Gasteiger partial charge < -0.3 is 5.32 Å². The van der Waals surface area contributed by atoms with Gasteiger partial charge in [-0.1, -0.05) is 30.3 Å². The molecule has 0 aliphatic carbocycles. The Balaban J connectivity index is 1.48. The molecule has 32 heavy (non-hydrogen) atoms. The minimum absolute atomic E-state index is 0.0613. The molecule has 0 bridgehead atoms. The Morgan fingerprint density at radius 2 is 1.44 bits per heavy atom. The van der Waals surface area contributed by atoms with Gasteiger partial charge in [0.05, 0.1) is 5.56 Å². The summed E-state index contributed by atoms with van der Waals surface area (Å²) in [5.74, 6) is 0.290. The molecule has 0 aliphatic heterocycles. The number of fused-ring (bicyclic) bond motifs is 1. The van der Waals surface area contributed by atoms with Crippen molar-refractivity contribution in [3.8, 4) is 22.3 Å². The van der Waals surface area contributed by atoms with E-state index in [1.54, 1.807) is 36.8 Å². The molecule has 0 aliphatic rings. The first kappa shape index (κ1) is 19.7. The van der Waals surface area contributed by atoms with Gasteiger partial charge in [-0.15, -0.1) is 5.10 Å². The van der Waals surface area contributed by atoms with Gasteiger partial charge >= 0.3 is 6.18 Å². The van der Waals surface area contributed by atoms with Gasteiger partial charge in [0.1, 0.15) is 0 Å². The summed E-state index contributed by atoms with van der Waals surface area (Å²) in [5.41, 5.74) is 2.88. The summed E-state index contributed by atoms with van der Waals surface area (Å²) in [5, 5.41) is 7.49. The lowest BCUT2D eigenvalue weighted by Crippen LogP contribution is -2.07. The second kappa shape index (κ2) is 7.81. The third-order valence-corrected chi connectivity index (χ3v) is 5.04. The standard InChI is InChI=1S/C24H16F3N5/c25-24(26,27)21-6-2-1-4-19(21)20-5-3-15-32-22(20)30-23(31-32)29-18-9-7-16(8-10-18)17-11-13-28-14-12-17/h1-15H,(H,29,31). The molecule has 5 rings (SSSR count). The van der Waals surface area contributed by atoms with Crippen molar-refractivity contribution in [3.63, 3.8) is 0 Å². The Labute approximate surface area is 181 Å². The Morgan fingerprint density at radius 3 is 2.19 bits per heavy atom. The zero-order chi connectivity index (χ0) is 22.1. The molecule has 3 heterocycles. The van der Waals surface area contributed by atoms with Crippen LogP contribution in [-0.4, -0.2) is 19.6 Å². The van der Waals surface area contributed by atoms with E-state index in [-0.39, 0.29) is 5.56 Å². The van der Waals surface area contributed by atoms with Crippen molar-refractivity contribution in [2.75, 3.05) is 5.32 Å². The topological polar surface area (TPSA) is 55.1 Å². The molecule has 0 amide bonds. The number of halogens is 3. The maximum atomic E-state index is 13.5. The van der Waals surface area contributed by atoms with Crippen LogP contribution in [0.5, 0.6) is 0 Å². The van der Waals surface area contributed by atoms with Crippen molar-refractivity contribution < 1.29 is 13.2 Å². The minimum Gasteiger partial charge on any atom is -0.323 e. The number of aromatic nitrogens is 4. The Hall–Kier alpha value is -4.20. The van der Waals surface area contributed by atoms with E-state index in [4.69, 9.17) is 0 Å². The molecule has 2 aromatic carbocycles. The van der Waals surface area contributed by atoms with Gasteiger partial charge in [-0.25, -0.2) is 4.52 Å². The average Bonchev–Trinajstić information content (AvgIpc) is 3.22. The van der Waals surface area contributed by atoms with E-state index in [1.807, 2.05) is 36.4 Å². The summed E-state index contributed by atoms with van der Waals surface area (Å²) in [4.78, 5) is 8.47. The summed E-state index contributed by atoms with van der Waals surface area (Å²) in [6.45, 7) is 0. The van der Waals surface area contributed by atoms with Crippen LogP contribution in [0.1, 0.15) is 5.56 Å². The predicted octanol–water partition coefficient (Wildman–Crippen LogP) is 6.22. The first-order valence-corrected chi connectivity index (χ1v) is 9.78. The summed E-state index contributed by atoms with van der Waals surface area (Å²) >= 11 is 0. The highest BCUT2D eigenvalue weighted by Crippen LogP contribution is 2.38. The first-order valence-electron chi connectivity index (χ1n) is 9.78. The van der Waals surface area contributed by atoms with E-state index >= 15 is 0 Å². The Morgan fingerprint density at radius 1 is 0.750 bits per heavy atom. The fourth-order valence-electron chi connectivity index (χ4n) is 3.55. The van der Waals surface area contributed by atoms with Crippen molar-refractivity contribution in [1.29, 1.82) is 0 Å². The molecule has 3 aromatic heterocycles. The number of anilines is 2. The largest absolute Gasteiger partial charge is 0.417 e. The van der Waals surface area contributed by atoms with Crippen molar-refractivity contribution in [2.24, 2.45) is 0 Å². The zero-order valence-corrected chi connectivity index (χ0v) is 16.6. The second-order valence-electron chi connectivity index (χ2n) is 7.11. The number of benzene rings is 2. The number of nitrogens with one attached hydrogen (secondary N) is 1. The van der Waals surface area contributed by atoms with Crippen molar-refractivity contribution in [2.45, 2.75) is 6.18 Å². The minimum atomic E-state index is -4.47. The normalized spacial score (nSPS) is 11.6. The van der Waals surface area contributed by atoms with E-state index in [0.29, 0.717) is 17.2 Å². The van der Waals surface area contributed by atoms with Gasteiger partial charge in [0, 0.05) is 29.8 Å². The van der Waals surface area contributed by atoms with Crippen molar-refractivity contribution >= 4 is 17.3 Å². The fourth-order valence-corrected chi connectivity index (χ4v) is 3.55. The molecule has 0 saturated carbocycles. The van der Waals surface area contributed by atoms with Gasteiger partial charge in [0.15, 0.2) is 5.65 Å². The van der Waals surface area contributed by atoms with Crippen molar-refractivity contribution in [1.82, 2.24) is 19.6 Å². The van der Waals surface area contributed by atoms with Crippen LogP contribution < -0.4 is 5.32 Å². The summed E-state index contributed by atoms with van der Waals surface area (Å²) < 4.78 is 42.0. The van der Waals surface area contributed by atoms with Crippen LogP contribution in [0, 0.1) is 0 Å². The summed E-state index contributed by atoms with van der Waals surface area (Å²) in [7, 11) is 0. The van der Waals surface area contributed by atoms with E-state index < -0.39 is 11.7 Å². The van der Waals surface area contributed by atoms with E-state index in [9.17, 15) is 13.2 Å². The third-order valence-electron chi connectivity index (χ3n) is 5.04. The van der Waals surface area contributed by atoms with Crippen LogP contribution in [0.3, 0.4) is 0 Å². The van der Waals surface area contributed by atoms with Gasteiger partial charge in [-0.2, -0.15) is 18.2 Å². The van der Waals surface area contributed by atoms with Crippen LogP contribution in [0.25, 0.3) is 27.9 Å². The molecule has 8 heteroatoms. The van der Waals surface area contributed by atoms with Crippen LogP contribution in [0.15, 0.2) is 91.4 Å². The molecule has 5 aromatic rings. The Kier molecular flexibility index (Phi) is 4.82. The quantitative estimate of drug-likeness (QED) is 0.367. The van der Waals surface area contributed by atoms with Crippen LogP contribution >= 0.6 is 0 Å². The lowest BCUT2D eigenvalue weighted by molar-refractivity contribution is -0.137. The molecule has 0 radical (unpaired) electrons. The first-order chi connectivity index (χ1) is 15.5. The van der Waals surface area contributed by atoms with Gasteiger partial charge in [0.25, 0.3) is 0 Å². The highest BCUT2D eigenvalue weighted by atomic mass is 19.4. The average molecular weight is 431 g/mol. The monoisotopic (exact) mass is 431 g/mol. The second-order valence-corrected chi connectivity index (χ2v) is 7.11. The Bertz CT molecular complexity index is 1380. The number of hydrogen-bond acceptors (Lipinski definition) is 4. The molecular weight excluding hydrogens is 415 g/mol. The molecule has 5 nitrogen and oxygen atoms in total. The van der Waals surface area contributed by atoms with Crippen LogP contribution in [-0.2, 0) is 6.18 Å².